The molecule has 1 fully saturated rings. The molecule has 0 saturated carbocycles. The summed E-state index contributed by atoms with van der Waals surface area (Å²) in [5, 5.41) is 16.9. The number of halogens is 3. The lowest BCUT2D eigenvalue weighted by Gasteiger charge is -2.24. The predicted octanol–water partition coefficient (Wildman–Crippen LogP) is 2.13. The van der Waals surface area contributed by atoms with E-state index in [-0.39, 0.29) is 67.8 Å². The minimum Gasteiger partial charge on any atom is -0.395 e. The van der Waals surface area contributed by atoms with Gasteiger partial charge in [-0.3, -0.25) is 14.4 Å². The zero-order valence-electron chi connectivity index (χ0n) is 23.0. The molecule has 3 rings (SSSR count). The summed E-state index contributed by atoms with van der Waals surface area (Å²) in [6.45, 7) is 4.35. The summed E-state index contributed by atoms with van der Waals surface area (Å²) in [6, 6.07) is 7.54. The maximum absolute atomic E-state index is 14.0. The van der Waals surface area contributed by atoms with Gasteiger partial charge < -0.3 is 31.7 Å². The fourth-order valence-corrected chi connectivity index (χ4v) is 5.47. The smallest absolute Gasteiger partial charge is 0.253 e. The molecule has 0 aromatic heterocycles. The highest BCUT2D eigenvalue weighted by molar-refractivity contribution is 8.00. The number of nitrogens with zero attached hydrogens (tertiary/aromatic N) is 1. The van der Waals surface area contributed by atoms with Gasteiger partial charge in [-0.1, -0.05) is 19.1 Å². The number of aliphatic hydroxyl groups excluding tert-OH is 1. The second-order valence-corrected chi connectivity index (χ2v) is 11.2. The number of nitrogens with one attached hydrogen (secondary N) is 3. The maximum Gasteiger partial charge on any atom is 0.253 e. The maximum atomic E-state index is 14.0. The molecule has 0 aliphatic carbocycles. The van der Waals surface area contributed by atoms with Gasteiger partial charge in [0.1, 0.15) is 5.82 Å². The zero-order chi connectivity index (χ0) is 30.1. The Morgan fingerprint density at radius 3 is 2.44 bits per heavy atom. The minimum absolute atomic E-state index is 0.120. The van der Waals surface area contributed by atoms with Gasteiger partial charge in [0, 0.05) is 55.6 Å². The average Bonchev–Trinajstić information content (AvgIpc) is 3.44. The summed E-state index contributed by atoms with van der Waals surface area (Å²) >= 11 is 1.32. The van der Waals surface area contributed by atoms with Gasteiger partial charge in [0.15, 0.2) is 17.0 Å². The molecule has 0 bridgehead atoms. The second-order valence-electron chi connectivity index (χ2n) is 9.99. The van der Waals surface area contributed by atoms with E-state index in [9.17, 15) is 27.6 Å². The summed E-state index contributed by atoms with van der Waals surface area (Å²) in [6.07, 6.45) is -0.344. The molecule has 1 aliphatic heterocycles. The van der Waals surface area contributed by atoms with E-state index in [1.807, 2.05) is 31.2 Å². The van der Waals surface area contributed by atoms with Crippen molar-refractivity contribution in [1.82, 2.24) is 15.5 Å². The minimum atomic E-state index is -1.30. The molecular weight excluding hydrogens is 559 g/mol. The van der Waals surface area contributed by atoms with E-state index in [0.717, 1.165) is 17.3 Å². The molecule has 3 amide bonds. The van der Waals surface area contributed by atoms with Gasteiger partial charge in [0.05, 0.1) is 12.5 Å². The number of aliphatic hydroxyl groups is 1. The zero-order valence-corrected chi connectivity index (χ0v) is 23.8. The number of carbonyl (C=O) groups excluding carboxylic acids is 3. The van der Waals surface area contributed by atoms with Crippen LogP contribution >= 0.6 is 11.8 Å². The molecular formula is C28H36F3N5O4S. The molecule has 4 atom stereocenters. The van der Waals surface area contributed by atoms with Gasteiger partial charge in [-0.25, -0.2) is 13.2 Å². The summed E-state index contributed by atoms with van der Waals surface area (Å²) in [5.74, 6) is -4.06. The van der Waals surface area contributed by atoms with Gasteiger partial charge >= 0.3 is 0 Å². The molecule has 1 heterocycles. The predicted molar refractivity (Wildman–Crippen MR) is 151 cm³/mol. The van der Waals surface area contributed by atoms with E-state index in [4.69, 9.17) is 10.8 Å². The highest BCUT2D eigenvalue weighted by Crippen LogP contribution is 2.25. The lowest BCUT2D eigenvalue weighted by atomic mass is 10.0. The van der Waals surface area contributed by atoms with Crippen molar-refractivity contribution in [2.45, 2.75) is 50.7 Å². The fraction of sp³-hybridized carbons (Fsp3) is 0.464. The van der Waals surface area contributed by atoms with Crippen LogP contribution in [0.15, 0.2) is 36.4 Å². The summed E-state index contributed by atoms with van der Waals surface area (Å²) < 4.78 is 40.6. The standard InChI is InChI=1S/C28H36F3N5O4S/c1-16(26(39)33-7-9-37)17(2)35-21-5-3-18(4-6-21)15-34-27(40)28-36(8-10-41-28)25(38)13-20(32)11-19-12-23(30)24(31)14-22(19)29/h3-6,12,14,16-17,20,28,35,37H,7-11,13,15,32H2,1-2H3,(H,33,39)(H,34,40)/t16-,17?,20-,28+/m1/s1. The van der Waals surface area contributed by atoms with Crippen LogP contribution in [0.5, 0.6) is 0 Å². The van der Waals surface area contributed by atoms with E-state index >= 15 is 0 Å². The van der Waals surface area contributed by atoms with Crippen LogP contribution in [-0.2, 0) is 27.3 Å². The molecule has 0 spiro atoms. The summed E-state index contributed by atoms with van der Waals surface area (Å²) in [5.41, 5.74) is 7.52. The Kier molecular flexibility index (Phi) is 11.9. The quantitative estimate of drug-likeness (QED) is 0.224. The molecule has 224 valence electrons. The fourth-order valence-electron chi connectivity index (χ4n) is 4.31. The number of hydrogen-bond donors (Lipinski definition) is 5. The molecule has 6 N–H and O–H groups in total. The molecule has 1 aliphatic rings. The first-order valence-corrected chi connectivity index (χ1v) is 14.4. The third kappa shape index (κ3) is 9.10. The highest BCUT2D eigenvalue weighted by atomic mass is 32.2. The largest absolute Gasteiger partial charge is 0.395 e. The first-order valence-electron chi connectivity index (χ1n) is 13.3. The number of carbonyl (C=O) groups is 3. The van der Waals surface area contributed by atoms with Crippen LogP contribution in [0.3, 0.4) is 0 Å². The highest BCUT2D eigenvalue weighted by Gasteiger charge is 2.35. The first kappa shape index (κ1) is 32.2. The Labute approximate surface area is 241 Å². The van der Waals surface area contributed by atoms with E-state index in [1.54, 1.807) is 6.92 Å². The van der Waals surface area contributed by atoms with Crippen LogP contribution in [0, 0.1) is 23.4 Å². The molecule has 1 unspecified atom stereocenters. The molecule has 9 nitrogen and oxygen atoms in total. The first-order chi connectivity index (χ1) is 19.5. The Morgan fingerprint density at radius 1 is 1.07 bits per heavy atom. The van der Waals surface area contributed by atoms with Crippen molar-refractivity contribution in [3.63, 3.8) is 0 Å². The topological polar surface area (TPSA) is 137 Å². The van der Waals surface area contributed by atoms with Crippen LogP contribution in [0.2, 0.25) is 0 Å². The normalized spacial score (nSPS) is 17.0. The third-order valence-corrected chi connectivity index (χ3v) is 8.04. The van der Waals surface area contributed by atoms with Gasteiger partial charge in [0.25, 0.3) is 5.91 Å². The number of amides is 3. The van der Waals surface area contributed by atoms with E-state index in [0.29, 0.717) is 18.4 Å². The lowest BCUT2D eigenvalue weighted by Crippen LogP contribution is -2.46. The van der Waals surface area contributed by atoms with E-state index in [1.165, 1.54) is 16.7 Å². The molecule has 1 saturated heterocycles. The molecule has 0 radical (unpaired) electrons. The molecule has 2 aromatic rings. The number of hydrogen-bond acceptors (Lipinski definition) is 7. The summed E-state index contributed by atoms with van der Waals surface area (Å²) in [4.78, 5) is 39.3. The number of thioether (sulfide) groups is 1. The Bertz CT molecular complexity index is 1220. The lowest BCUT2D eigenvalue weighted by molar-refractivity contribution is -0.136. The van der Waals surface area contributed by atoms with Gasteiger partial charge in [-0.05, 0) is 42.7 Å². The van der Waals surface area contributed by atoms with Gasteiger partial charge in [0.2, 0.25) is 11.8 Å². The Hall–Kier alpha value is -3.29. The Morgan fingerprint density at radius 2 is 1.76 bits per heavy atom. The van der Waals surface area contributed by atoms with E-state index < -0.39 is 28.9 Å². The monoisotopic (exact) mass is 595 g/mol. The van der Waals surface area contributed by atoms with Crippen molar-refractivity contribution in [3.8, 4) is 0 Å². The van der Waals surface area contributed by atoms with Crippen molar-refractivity contribution in [3.05, 3.63) is 65.0 Å². The second kappa shape index (κ2) is 15.1. The van der Waals surface area contributed by atoms with Gasteiger partial charge in [-0.2, -0.15) is 0 Å². The van der Waals surface area contributed by atoms with Crippen molar-refractivity contribution in [1.29, 1.82) is 0 Å². The number of rotatable bonds is 13. The van der Waals surface area contributed by atoms with Gasteiger partial charge in [-0.15, -0.1) is 11.8 Å². The Balaban J connectivity index is 1.48. The van der Waals surface area contributed by atoms with Crippen LogP contribution in [-0.4, -0.2) is 70.6 Å². The van der Waals surface area contributed by atoms with Crippen molar-refractivity contribution < 1.29 is 32.7 Å². The average molecular weight is 596 g/mol. The number of benzene rings is 2. The molecule has 13 heteroatoms. The van der Waals surface area contributed by atoms with Crippen LogP contribution in [0.4, 0.5) is 18.9 Å². The third-order valence-electron chi connectivity index (χ3n) is 6.83. The van der Waals surface area contributed by atoms with Crippen LogP contribution < -0.4 is 21.7 Å². The number of anilines is 1. The van der Waals surface area contributed by atoms with Crippen molar-refractivity contribution >= 4 is 35.2 Å². The van der Waals surface area contributed by atoms with Crippen molar-refractivity contribution in [2.24, 2.45) is 11.7 Å². The number of nitrogens with two attached hydrogens (primary N) is 1. The van der Waals surface area contributed by atoms with E-state index in [2.05, 4.69) is 16.0 Å². The van der Waals surface area contributed by atoms with Crippen LogP contribution in [0.1, 0.15) is 31.4 Å². The SMILES string of the molecule is CC(Nc1ccc(CNC(=O)[C@@H]2SCCN2C(=O)C[C@H](N)Cc2cc(F)c(F)cc2F)cc1)[C@@H](C)C(=O)NCCO. The van der Waals surface area contributed by atoms with Crippen molar-refractivity contribution in [2.75, 3.05) is 30.8 Å². The molecule has 2 aromatic carbocycles. The van der Waals surface area contributed by atoms with Crippen LogP contribution in [0.25, 0.3) is 0 Å². The summed E-state index contributed by atoms with van der Waals surface area (Å²) in [7, 11) is 0. The molecule has 41 heavy (non-hydrogen) atoms.